The molecule has 2 aromatic carbocycles. The Hall–Kier alpha value is -1.93. The summed E-state index contributed by atoms with van der Waals surface area (Å²) in [6.45, 7) is 18.6. The molecule has 0 spiro atoms. The molecule has 2 atom stereocenters. The van der Waals surface area contributed by atoms with Crippen LogP contribution in [0.5, 0.6) is 0 Å². The number of rotatable bonds is 6. The molecule has 1 fully saturated rings. The van der Waals surface area contributed by atoms with Crippen molar-refractivity contribution in [1.82, 2.24) is 0 Å². The molecule has 0 amide bonds. The largest absolute Gasteiger partial charge is 0.299 e. The van der Waals surface area contributed by atoms with Gasteiger partial charge in [0.05, 0.1) is 0 Å². The molecule has 0 radical (unpaired) electrons. The van der Waals surface area contributed by atoms with E-state index < -0.39 is 8.07 Å². The Labute approximate surface area is 191 Å². The lowest BCUT2D eigenvalue weighted by atomic mass is 9.65. The van der Waals surface area contributed by atoms with Gasteiger partial charge in [0.25, 0.3) is 0 Å². The Balaban J connectivity index is 2.09. The summed E-state index contributed by atoms with van der Waals surface area (Å²) in [5, 5.41) is 3.00. The number of hydrogen-bond donors (Lipinski definition) is 0. The van der Waals surface area contributed by atoms with Gasteiger partial charge in [-0.1, -0.05) is 125 Å². The first-order chi connectivity index (χ1) is 14.5. The Morgan fingerprint density at radius 1 is 0.903 bits per heavy atom. The summed E-state index contributed by atoms with van der Waals surface area (Å²) in [7, 11) is -2.23. The van der Waals surface area contributed by atoms with Crippen LogP contribution in [0.1, 0.15) is 60.8 Å². The van der Waals surface area contributed by atoms with Crippen LogP contribution in [0.3, 0.4) is 0 Å². The van der Waals surface area contributed by atoms with E-state index in [1.807, 2.05) is 0 Å². The predicted molar refractivity (Wildman–Crippen MR) is 137 cm³/mol. The Kier molecular flexibility index (Phi) is 6.81. The first kappa shape index (κ1) is 23.7. The minimum atomic E-state index is -2.23. The van der Waals surface area contributed by atoms with E-state index in [4.69, 9.17) is 0 Å². The molecule has 31 heavy (non-hydrogen) atoms. The molecule has 0 heterocycles. The number of benzene rings is 2. The number of allylic oxidation sites excluding steroid dienone is 1. The quantitative estimate of drug-likeness (QED) is 0.369. The van der Waals surface area contributed by atoms with Gasteiger partial charge in [-0.2, -0.15) is 0 Å². The van der Waals surface area contributed by atoms with Crippen LogP contribution in [0.15, 0.2) is 72.8 Å². The maximum atomic E-state index is 13.0. The summed E-state index contributed by atoms with van der Waals surface area (Å²) in [4.78, 5) is 13.0. The van der Waals surface area contributed by atoms with Crippen LogP contribution >= 0.6 is 0 Å². The zero-order valence-electron chi connectivity index (χ0n) is 20.4. The van der Waals surface area contributed by atoms with Crippen molar-refractivity contribution in [3.05, 3.63) is 72.8 Å². The highest BCUT2D eigenvalue weighted by molar-refractivity contribution is 7.04. The van der Waals surface area contributed by atoms with Gasteiger partial charge in [0, 0.05) is 12.3 Å². The average molecular weight is 433 g/mol. The topological polar surface area (TPSA) is 17.1 Å². The van der Waals surface area contributed by atoms with Crippen molar-refractivity contribution in [2.75, 3.05) is 0 Å². The summed E-state index contributed by atoms with van der Waals surface area (Å²) in [6, 6.07) is 23.1. The molecule has 2 heteroatoms. The Bertz CT molecular complexity index is 865. The van der Waals surface area contributed by atoms with E-state index in [1.165, 1.54) is 15.9 Å². The van der Waals surface area contributed by atoms with Crippen molar-refractivity contribution in [2.24, 2.45) is 17.3 Å². The van der Waals surface area contributed by atoms with Crippen molar-refractivity contribution in [3.8, 4) is 0 Å². The minimum absolute atomic E-state index is 0.0921. The molecule has 166 valence electrons. The Morgan fingerprint density at radius 3 is 1.81 bits per heavy atom. The molecule has 2 aromatic rings. The zero-order chi connectivity index (χ0) is 22.9. The van der Waals surface area contributed by atoms with Crippen LogP contribution in [-0.2, 0) is 4.79 Å². The van der Waals surface area contributed by atoms with Crippen LogP contribution in [-0.4, -0.2) is 13.9 Å². The van der Waals surface area contributed by atoms with Gasteiger partial charge >= 0.3 is 0 Å². The molecule has 1 aliphatic carbocycles. The highest BCUT2D eigenvalue weighted by atomic mass is 28.3. The molecule has 1 aliphatic rings. The monoisotopic (exact) mass is 432 g/mol. The van der Waals surface area contributed by atoms with E-state index in [2.05, 4.69) is 109 Å². The molecule has 1 saturated carbocycles. The van der Waals surface area contributed by atoms with E-state index in [0.717, 1.165) is 25.3 Å². The lowest BCUT2D eigenvalue weighted by Crippen LogP contribution is -2.64. The van der Waals surface area contributed by atoms with E-state index >= 15 is 0 Å². The second-order valence-corrected chi connectivity index (χ2v) is 16.1. The van der Waals surface area contributed by atoms with Gasteiger partial charge in [0.1, 0.15) is 13.9 Å². The van der Waals surface area contributed by atoms with Crippen molar-refractivity contribution < 1.29 is 4.79 Å². The SMILES string of the molecule is C=C(C[Si](c1ccccc1)(c1ccccc1)C(C)(C)C)C(C)(C)[C@H]1CC[C@@H](C)CC1=O. The fraction of sp³-hybridized carbons (Fsp3) is 0.483. The minimum Gasteiger partial charge on any atom is -0.299 e. The van der Waals surface area contributed by atoms with E-state index in [9.17, 15) is 4.79 Å². The molecule has 0 saturated heterocycles. The zero-order valence-corrected chi connectivity index (χ0v) is 21.4. The first-order valence-corrected chi connectivity index (χ1v) is 14.0. The van der Waals surface area contributed by atoms with Crippen molar-refractivity contribution >= 4 is 24.2 Å². The van der Waals surface area contributed by atoms with Gasteiger partial charge in [0.15, 0.2) is 0 Å². The molecule has 3 rings (SSSR count). The molecule has 1 nitrogen and oxygen atoms in total. The normalized spacial score (nSPS) is 20.5. The van der Waals surface area contributed by atoms with Gasteiger partial charge < -0.3 is 0 Å². The molecule has 0 aliphatic heterocycles. The number of hydrogen-bond acceptors (Lipinski definition) is 1. The highest BCUT2D eigenvalue weighted by Gasteiger charge is 2.50. The summed E-state index contributed by atoms with van der Waals surface area (Å²) >= 11 is 0. The van der Waals surface area contributed by atoms with E-state index in [0.29, 0.717) is 11.7 Å². The van der Waals surface area contributed by atoms with E-state index in [1.54, 1.807) is 0 Å². The lowest BCUT2D eigenvalue weighted by molar-refractivity contribution is -0.129. The lowest BCUT2D eigenvalue weighted by Gasteiger charge is -2.48. The number of carbonyl (C=O) groups excluding carboxylic acids is 1. The fourth-order valence-electron chi connectivity index (χ4n) is 5.70. The van der Waals surface area contributed by atoms with Gasteiger partial charge in [0.2, 0.25) is 0 Å². The number of Topliss-reactive ketones (excluding diaryl/α,β-unsaturated/α-hetero) is 1. The second kappa shape index (κ2) is 8.90. The Morgan fingerprint density at radius 2 is 1.39 bits per heavy atom. The van der Waals surface area contributed by atoms with Crippen molar-refractivity contribution in [3.63, 3.8) is 0 Å². The standard InChI is InChI=1S/C29H40OSi/c1-22-18-19-26(27(30)20-22)29(6,7)23(2)21-31(28(3,4)5,24-14-10-8-11-15-24)25-16-12-9-13-17-25/h8-17,22,26H,2,18-21H2,1,3-7H3/t22-,26+/m1/s1. The van der Waals surface area contributed by atoms with Crippen LogP contribution < -0.4 is 10.4 Å². The summed E-state index contributed by atoms with van der Waals surface area (Å²) < 4.78 is 0. The maximum absolute atomic E-state index is 13.0. The molecule has 0 N–H and O–H groups in total. The molecular weight excluding hydrogens is 392 g/mol. The third-order valence-electron chi connectivity index (χ3n) is 7.96. The van der Waals surface area contributed by atoms with Gasteiger partial charge in [-0.3, -0.25) is 4.79 Å². The third-order valence-corrected chi connectivity index (χ3v) is 14.1. The summed E-state index contributed by atoms with van der Waals surface area (Å²) in [5.74, 6) is 1.05. The van der Waals surface area contributed by atoms with Gasteiger partial charge in [-0.15, -0.1) is 0 Å². The van der Waals surface area contributed by atoms with Crippen molar-refractivity contribution in [2.45, 2.75) is 71.9 Å². The average Bonchev–Trinajstić information content (AvgIpc) is 2.72. The fourth-order valence-corrected chi connectivity index (χ4v) is 11.3. The summed E-state index contributed by atoms with van der Waals surface area (Å²) in [6.07, 6.45) is 2.86. The van der Waals surface area contributed by atoms with Crippen LogP contribution in [0.4, 0.5) is 0 Å². The van der Waals surface area contributed by atoms with Crippen LogP contribution in [0, 0.1) is 17.3 Å². The van der Waals surface area contributed by atoms with Gasteiger partial charge in [-0.05, 0) is 35.3 Å². The smallest absolute Gasteiger partial charge is 0.137 e. The maximum Gasteiger partial charge on any atom is 0.137 e. The second-order valence-electron chi connectivity index (χ2n) is 11.3. The highest BCUT2D eigenvalue weighted by Crippen LogP contribution is 2.48. The van der Waals surface area contributed by atoms with Crippen LogP contribution in [0.25, 0.3) is 0 Å². The van der Waals surface area contributed by atoms with E-state index in [-0.39, 0.29) is 16.4 Å². The summed E-state index contributed by atoms with van der Waals surface area (Å²) in [5.41, 5.74) is 1.05. The number of ketones is 1. The molecule has 0 bridgehead atoms. The predicted octanol–water partition coefficient (Wildman–Crippen LogP) is 6.64. The first-order valence-electron chi connectivity index (χ1n) is 11.8. The molecule has 0 unspecified atom stereocenters. The van der Waals surface area contributed by atoms with Gasteiger partial charge in [-0.25, -0.2) is 0 Å². The third kappa shape index (κ3) is 4.50. The van der Waals surface area contributed by atoms with Crippen LogP contribution in [0.2, 0.25) is 11.1 Å². The molecular formula is C29H40OSi. The molecule has 0 aromatic heterocycles. The van der Waals surface area contributed by atoms with Crippen molar-refractivity contribution in [1.29, 1.82) is 0 Å². The number of carbonyl (C=O) groups is 1.